The second-order valence-corrected chi connectivity index (χ2v) is 6.36. The molecule has 0 aliphatic carbocycles. The summed E-state index contributed by atoms with van der Waals surface area (Å²) in [4.78, 5) is 14.0. The van der Waals surface area contributed by atoms with Gasteiger partial charge in [0.2, 0.25) is 0 Å². The molecule has 1 aliphatic heterocycles. The van der Waals surface area contributed by atoms with Crippen molar-refractivity contribution < 1.29 is 9.53 Å². The Kier molecular flexibility index (Phi) is 4.04. The van der Waals surface area contributed by atoms with E-state index in [0.717, 1.165) is 12.1 Å². The minimum absolute atomic E-state index is 0.270. The zero-order chi connectivity index (χ0) is 14.9. The highest BCUT2D eigenvalue weighted by Gasteiger charge is 2.30. The maximum Gasteiger partial charge on any atom is 0.414 e. The predicted molar refractivity (Wildman–Crippen MR) is 81.2 cm³/mol. The topological polar surface area (TPSA) is 55.6 Å². The molecule has 1 aromatic rings. The van der Waals surface area contributed by atoms with Crippen LogP contribution in [0.2, 0.25) is 0 Å². The Labute approximate surface area is 120 Å². The van der Waals surface area contributed by atoms with Crippen LogP contribution < -0.4 is 10.6 Å². The molecule has 4 heteroatoms. The Morgan fingerprint density at radius 2 is 2.15 bits per heavy atom. The number of hydrogen-bond acceptors (Lipinski definition) is 3. The first-order valence-electron chi connectivity index (χ1n) is 7.16. The molecule has 1 aliphatic rings. The molecule has 0 radical (unpaired) electrons. The largest absolute Gasteiger partial charge is 0.443 e. The smallest absolute Gasteiger partial charge is 0.414 e. The Hall–Kier alpha value is -1.55. The van der Waals surface area contributed by atoms with Crippen LogP contribution in [0.3, 0.4) is 0 Å². The van der Waals surface area contributed by atoms with E-state index < -0.39 is 5.60 Å². The van der Waals surface area contributed by atoms with Crippen LogP contribution in [0.4, 0.5) is 10.5 Å². The quantitative estimate of drug-likeness (QED) is 0.903. The number of nitrogens with zero attached hydrogens (tertiary/aromatic N) is 1. The van der Waals surface area contributed by atoms with E-state index in [1.807, 2.05) is 32.9 Å². The predicted octanol–water partition coefficient (Wildman–Crippen LogP) is 3.05. The van der Waals surface area contributed by atoms with Crippen molar-refractivity contribution in [2.45, 2.75) is 45.6 Å². The van der Waals surface area contributed by atoms with Crippen molar-refractivity contribution in [2.24, 2.45) is 5.73 Å². The minimum Gasteiger partial charge on any atom is -0.443 e. The van der Waals surface area contributed by atoms with Crippen LogP contribution in [-0.4, -0.2) is 24.8 Å². The molecular formula is C16H24N2O2. The normalized spacial score (nSPS) is 15.9. The lowest BCUT2D eigenvalue weighted by atomic mass is 9.94. The summed E-state index contributed by atoms with van der Waals surface area (Å²) in [7, 11) is 0. The van der Waals surface area contributed by atoms with Gasteiger partial charge in [0.05, 0.1) is 5.69 Å². The molecule has 0 aromatic heterocycles. The lowest BCUT2D eigenvalue weighted by molar-refractivity contribution is 0.0584. The molecule has 0 spiro atoms. The number of amides is 1. The van der Waals surface area contributed by atoms with Gasteiger partial charge in [-0.1, -0.05) is 19.1 Å². The van der Waals surface area contributed by atoms with Gasteiger partial charge in [-0.2, -0.15) is 0 Å². The van der Waals surface area contributed by atoms with Gasteiger partial charge in [0.15, 0.2) is 0 Å². The van der Waals surface area contributed by atoms with Crippen molar-refractivity contribution in [1.82, 2.24) is 0 Å². The molecule has 1 aromatic carbocycles. The third-order valence-corrected chi connectivity index (χ3v) is 3.56. The molecule has 4 nitrogen and oxygen atoms in total. The van der Waals surface area contributed by atoms with Crippen molar-refractivity contribution in [3.05, 3.63) is 29.3 Å². The third-order valence-electron chi connectivity index (χ3n) is 3.56. The van der Waals surface area contributed by atoms with Crippen molar-refractivity contribution in [2.75, 3.05) is 18.0 Å². The van der Waals surface area contributed by atoms with Crippen molar-refractivity contribution in [3.63, 3.8) is 0 Å². The average molecular weight is 276 g/mol. The van der Waals surface area contributed by atoms with Gasteiger partial charge in [-0.05, 0) is 56.8 Å². The fourth-order valence-electron chi connectivity index (χ4n) is 2.56. The van der Waals surface area contributed by atoms with E-state index in [-0.39, 0.29) is 6.09 Å². The van der Waals surface area contributed by atoms with Gasteiger partial charge in [0, 0.05) is 6.54 Å². The van der Waals surface area contributed by atoms with Crippen LogP contribution in [0.25, 0.3) is 0 Å². The second-order valence-electron chi connectivity index (χ2n) is 6.36. The summed E-state index contributed by atoms with van der Waals surface area (Å²) in [6, 6.07) is 6.08. The highest BCUT2D eigenvalue weighted by atomic mass is 16.6. The summed E-state index contributed by atoms with van der Waals surface area (Å²) >= 11 is 0. The summed E-state index contributed by atoms with van der Waals surface area (Å²) in [5, 5.41) is 0. The van der Waals surface area contributed by atoms with E-state index in [9.17, 15) is 4.79 Å². The molecule has 1 amide bonds. The Balaban J connectivity index is 2.28. The second kappa shape index (κ2) is 5.44. The Morgan fingerprint density at radius 1 is 1.45 bits per heavy atom. The van der Waals surface area contributed by atoms with Crippen LogP contribution in [0.5, 0.6) is 0 Å². The summed E-state index contributed by atoms with van der Waals surface area (Å²) in [5.74, 6) is 0.309. The van der Waals surface area contributed by atoms with Gasteiger partial charge in [0.25, 0.3) is 0 Å². The highest BCUT2D eigenvalue weighted by molar-refractivity contribution is 5.91. The summed E-state index contributed by atoms with van der Waals surface area (Å²) in [6.07, 6.45) is 0.601. The number of rotatable bonds is 2. The third kappa shape index (κ3) is 2.96. The zero-order valence-corrected chi connectivity index (χ0v) is 12.8. The number of carbonyl (C=O) groups is 1. The van der Waals surface area contributed by atoms with Crippen molar-refractivity contribution in [3.8, 4) is 0 Å². The summed E-state index contributed by atoms with van der Waals surface area (Å²) < 4.78 is 5.47. The molecule has 0 fully saturated rings. The minimum atomic E-state index is -0.470. The van der Waals surface area contributed by atoms with E-state index >= 15 is 0 Å². The van der Waals surface area contributed by atoms with E-state index in [4.69, 9.17) is 10.5 Å². The first kappa shape index (κ1) is 14.9. The van der Waals surface area contributed by atoms with E-state index in [0.29, 0.717) is 19.0 Å². The van der Waals surface area contributed by atoms with E-state index in [1.54, 1.807) is 4.90 Å². The summed E-state index contributed by atoms with van der Waals surface area (Å²) in [6.45, 7) is 9.06. The van der Waals surface area contributed by atoms with Gasteiger partial charge in [0.1, 0.15) is 5.60 Å². The molecule has 0 bridgehead atoms. The van der Waals surface area contributed by atoms with Crippen LogP contribution in [-0.2, 0) is 11.2 Å². The molecule has 1 heterocycles. The first-order valence-corrected chi connectivity index (χ1v) is 7.16. The first-order chi connectivity index (χ1) is 9.33. The van der Waals surface area contributed by atoms with Crippen LogP contribution >= 0.6 is 0 Å². The fourth-order valence-corrected chi connectivity index (χ4v) is 2.56. The van der Waals surface area contributed by atoms with Gasteiger partial charge < -0.3 is 10.5 Å². The molecule has 2 rings (SSSR count). The lowest BCUT2D eigenvalue weighted by Gasteiger charge is -2.25. The number of benzene rings is 1. The van der Waals surface area contributed by atoms with Gasteiger partial charge in [-0.25, -0.2) is 4.79 Å². The maximum atomic E-state index is 12.3. The van der Waals surface area contributed by atoms with Gasteiger partial charge in [-0.3, -0.25) is 4.90 Å². The highest BCUT2D eigenvalue weighted by Crippen LogP contribution is 2.34. The SMILES string of the molecule is CC(CN)c1cccc2c1CCN2C(=O)OC(C)(C)C. The Morgan fingerprint density at radius 3 is 2.75 bits per heavy atom. The van der Waals surface area contributed by atoms with Crippen LogP contribution in [0, 0.1) is 0 Å². The lowest BCUT2D eigenvalue weighted by Crippen LogP contribution is -2.35. The number of anilines is 1. The van der Waals surface area contributed by atoms with E-state index in [1.165, 1.54) is 11.1 Å². The van der Waals surface area contributed by atoms with Crippen molar-refractivity contribution >= 4 is 11.8 Å². The standard InChI is InChI=1S/C16H24N2O2/c1-11(10-17)12-6-5-7-14-13(12)8-9-18(14)15(19)20-16(2,3)4/h5-7,11H,8-10,17H2,1-4H3. The average Bonchev–Trinajstić information content (AvgIpc) is 2.79. The van der Waals surface area contributed by atoms with Crippen molar-refractivity contribution in [1.29, 1.82) is 0 Å². The Bertz CT molecular complexity index is 506. The fraction of sp³-hybridized carbons (Fsp3) is 0.562. The number of nitrogens with two attached hydrogens (primary N) is 1. The van der Waals surface area contributed by atoms with Crippen LogP contribution in [0.15, 0.2) is 18.2 Å². The van der Waals surface area contributed by atoms with Crippen LogP contribution in [0.1, 0.15) is 44.7 Å². The number of hydrogen-bond donors (Lipinski definition) is 1. The number of carbonyl (C=O) groups excluding carboxylic acids is 1. The molecule has 2 N–H and O–H groups in total. The van der Waals surface area contributed by atoms with E-state index in [2.05, 4.69) is 13.0 Å². The monoisotopic (exact) mass is 276 g/mol. The molecular weight excluding hydrogens is 252 g/mol. The molecule has 110 valence electrons. The molecule has 0 saturated carbocycles. The molecule has 1 atom stereocenters. The molecule has 20 heavy (non-hydrogen) atoms. The number of fused-ring (bicyclic) bond motifs is 1. The summed E-state index contributed by atoms with van der Waals surface area (Å²) in [5.41, 5.74) is 8.75. The number of ether oxygens (including phenoxy) is 1. The molecule has 1 unspecified atom stereocenters. The van der Waals surface area contributed by atoms with Gasteiger partial charge >= 0.3 is 6.09 Å². The van der Waals surface area contributed by atoms with Gasteiger partial charge in [-0.15, -0.1) is 0 Å². The maximum absolute atomic E-state index is 12.3. The molecule has 0 saturated heterocycles. The zero-order valence-electron chi connectivity index (χ0n) is 12.8.